The summed E-state index contributed by atoms with van der Waals surface area (Å²) in [5, 5.41) is 0. The van der Waals surface area contributed by atoms with E-state index >= 15 is 0 Å². The van der Waals surface area contributed by atoms with Gasteiger partial charge in [0.15, 0.2) is 0 Å². The van der Waals surface area contributed by atoms with Crippen molar-refractivity contribution >= 4 is 11.8 Å². The Labute approximate surface area is 179 Å². The molecule has 0 unspecified atom stereocenters. The monoisotopic (exact) mass is 405 g/mol. The third-order valence-corrected chi connectivity index (χ3v) is 6.86. The smallest absolute Gasteiger partial charge is 0.228 e. The van der Waals surface area contributed by atoms with Crippen molar-refractivity contribution in [1.29, 1.82) is 0 Å². The summed E-state index contributed by atoms with van der Waals surface area (Å²) in [6.07, 6.45) is 6.72. The Morgan fingerprint density at radius 2 is 1.73 bits per heavy atom. The lowest BCUT2D eigenvalue weighted by Gasteiger charge is -2.42. The summed E-state index contributed by atoms with van der Waals surface area (Å²) in [4.78, 5) is 33.9. The molecule has 0 bridgehead atoms. The number of rotatable bonds is 5. The SMILES string of the molecule is C[C@H]1C[C@H]1C(=O)N1CCC(Cc2ccccc2-c2ccncc2)(C(=O)N(C)C)CC1. The van der Waals surface area contributed by atoms with Gasteiger partial charge in [-0.05, 0) is 60.4 Å². The molecule has 0 N–H and O–H groups in total. The predicted octanol–water partition coefficient (Wildman–Crippen LogP) is 3.64. The number of hydrogen-bond acceptors (Lipinski definition) is 3. The van der Waals surface area contributed by atoms with Gasteiger partial charge in [0.1, 0.15) is 0 Å². The zero-order valence-electron chi connectivity index (χ0n) is 18.2. The van der Waals surface area contributed by atoms with E-state index in [0.717, 1.165) is 17.5 Å². The number of nitrogens with zero attached hydrogens (tertiary/aromatic N) is 3. The van der Waals surface area contributed by atoms with Gasteiger partial charge < -0.3 is 9.80 Å². The van der Waals surface area contributed by atoms with Crippen molar-refractivity contribution in [3.05, 3.63) is 54.4 Å². The summed E-state index contributed by atoms with van der Waals surface area (Å²) < 4.78 is 0. The first-order valence-electron chi connectivity index (χ1n) is 10.9. The summed E-state index contributed by atoms with van der Waals surface area (Å²) in [6, 6.07) is 12.4. The van der Waals surface area contributed by atoms with Gasteiger partial charge in [-0.15, -0.1) is 0 Å². The van der Waals surface area contributed by atoms with Crippen molar-refractivity contribution < 1.29 is 9.59 Å². The van der Waals surface area contributed by atoms with Crippen LogP contribution in [0.4, 0.5) is 0 Å². The van der Waals surface area contributed by atoms with Crippen molar-refractivity contribution in [3.8, 4) is 11.1 Å². The Kier molecular flexibility index (Phi) is 5.63. The second kappa shape index (κ2) is 8.21. The van der Waals surface area contributed by atoms with Crippen LogP contribution in [0.1, 0.15) is 31.7 Å². The van der Waals surface area contributed by atoms with Gasteiger partial charge >= 0.3 is 0 Å². The van der Waals surface area contributed by atoms with Gasteiger partial charge in [0.25, 0.3) is 0 Å². The van der Waals surface area contributed by atoms with E-state index in [0.29, 0.717) is 38.3 Å². The lowest BCUT2D eigenvalue weighted by Crippen LogP contribution is -2.51. The third-order valence-electron chi connectivity index (χ3n) is 6.86. The van der Waals surface area contributed by atoms with Crippen molar-refractivity contribution in [1.82, 2.24) is 14.8 Å². The number of benzene rings is 1. The Morgan fingerprint density at radius 1 is 1.10 bits per heavy atom. The maximum atomic E-state index is 13.4. The molecule has 1 aliphatic carbocycles. The predicted molar refractivity (Wildman–Crippen MR) is 118 cm³/mol. The van der Waals surface area contributed by atoms with Crippen molar-refractivity contribution in [2.45, 2.75) is 32.6 Å². The molecule has 2 aliphatic rings. The quantitative estimate of drug-likeness (QED) is 0.763. The molecule has 5 heteroatoms. The van der Waals surface area contributed by atoms with E-state index in [-0.39, 0.29) is 17.7 Å². The molecule has 2 aromatic rings. The summed E-state index contributed by atoms with van der Waals surface area (Å²) in [5.74, 6) is 1.17. The average molecular weight is 406 g/mol. The topological polar surface area (TPSA) is 53.5 Å². The van der Waals surface area contributed by atoms with Crippen LogP contribution in [0.3, 0.4) is 0 Å². The van der Waals surface area contributed by atoms with Crippen LogP contribution < -0.4 is 0 Å². The first-order chi connectivity index (χ1) is 14.4. The fraction of sp³-hybridized carbons (Fsp3) is 0.480. The zero-order valence-corrected chi connectivity index (χ0v) is 18.2. The van der Waals surface area contributed by atoms with Gasteiger partial charge in [-0.3, -0.25) is 14.6 Å². The van der Waals surface area contributed by atoms with Crippen LogP contribution in [0.25, 0.3) is 11.1 Å². The molecule has 1 aromatic heterocycles. The van der Waals surface area contributed by atoms with Gasteiger partial charge in [0.2, 0.25) is 11.8 Å². The first kappa shape index (κ1) is 20.6. The molecule has 2 amide bonds. The van der Waals surface area contributed by atoms with E-state index in [1.165, 1.54) is 5.56 Å². The number of pyridine rings is 1. The Morgan fingerprint density at radius 3 is 2.33 bits per heavy atom. The van der Waals surface area contributed by atoms with Crippen LogP contribution >= 0.6 is 0 Å². The van der Waals surface area contributed by atoms with Crippen LogP contribution in [0.2, 0.25) is 0 Å². The summed E-state index contributed by atoms with van der Waals surface area (Å²) in [5.41, 5.74) is 2.97. The van der Waals surface area contributed by atoms with Crippen LogP contribution in [-0.2, 0) is 16.0 Å². The maximum absolute atomic E-state index is 13.4. The number of piperidine rings is 1. The molecule has 4 rings (SSSR count). The molecule has 1 aliphatic heterocycles. The zero-order chi connectivity index (χ0) is 21.3. The van der Waals surface area contributed by atoms with Gasteiger partial charge in [0.05, 0.1) is 5.41 Å². The van der Waals surface area contributed by atoms with Crippen LogP contribution in [0.15, 0.2) is 48.8 Å². The van der Waals surface area contributed by atoms with E-state index in [1.54, 1.807) is 17.3 Å². The second-order valence-electron chi connectivity index (χ2n) is 9.19. The third kappa shape index (κ3) is 3.98. The maximum Gasteiger partial charge on any atom is 0.228 e. The molecule has 1 saturated carbocycles. The van der Waals surface area contributed by atoms with Gasteiger partial charge in [-0.2, -0.15) is 0 Å². The standard InChI is InChI=1S/C25H31N3O2/c1-18-16-22(18)23(29)28-14-10-25(11-15-28,24(30)27(2)3)17-20-6-4-5-7-21(20)19-8-12-26-13-9-19/h4-9,12-13,18,22H,10-11,14-17H2,1-3H3/t18-,22+/m0/s1. The molecule has 5 nitrogen and oxygen atoms in total. The van der Waals surface area contributed by atoms with E-state index < -0.39 is 5.41 Å². The molecule has 2 atom stereocenters. The van der Waals surface area contributed by atoms with Gasteiger partial charge in [-0.25, -0.2) is 0 Å². The number of hydrogen-bond donors (Lipinski definition) is 0. The highest BCUT2D eigenvalue weighted by molar-refractivity contribution is 5.85. The van der Waals surface area contributed by atoms with Crippen LogP contribution in [-0.4, -0.2) is 53.8 Å². The normalized spacial score (nSPS) is 22.4. The lowest BCUT2D eigenvalue weighted by atomic mass is 9.71. The molecule has 158 valence electrons. The van der Waals surface area contributed by atoms with E-state index in [1.807, 2.05) is 43.3 Å². The first-order valence-corrected chi connectivity index (χ1v) is 10.9. The second-order valence-corrected chi connectivity index (χ2v) is 9.19. The molecule has 30 heavy (non-hydrogen) atoms. The van der Waals surface area contributed by atoms with E-state index in [2.05, 4.69) is 24.0 Å². The fourth-order valence-electron chi connectivity index (χ4n) is 4.85. The van der Waals surface area contributed by atoms with Crippen molar-refractivity contribution in [2.24, 2.45) is 17.3 Å². The van der Waals surface area contributed by atoms with Crippen molar-refractivity contribution in [2.75, 3.05) is 27.2 Å². The van der Waals surface area contributed by atoms with E-state index in [4.69, 9.17) is 0 Å². The number of amides is 2. The number of carbonyl (C=O) groups is 2. The highest BCUT2D eigenvalue weighted by Crippen LogP contribution is 2.43. The van der Waals surface area contributed by atoms with Crippen molar-refractivity contribution in [3.63, 3.8) is 0 Å². The molecular formula is C25H31N3O2. The lowest BCUT2D eigenvalue weighted by molar-refractivity contribution is -0.146. The van der Waals surface area contributed by atoms with Gasteiger partial charge in [0, 0.05) is 45.5 Å². The Bertz CT molecular complexity index is 917. The minimum Gasteiger partial charge on any atom is -0.348 e. The Balaban J connectivity index is 1.59. The minimum absolute atomic E-state index is 0.166. The molecule has 1 saturated heterocycles. The number of likely N-dealkylation sites (tertiary alicyclic amines) is 1. The van der Waals surface area contributed by atoms with Gasteiger partial charge in [-0.1, -0.05) is 31.2 Å². The van der Waals surface area contributed by atoms with Crippen LogP contribution in [0, 0.1) is 17.3 Å². The highest BCUT2D eigenvalue weighted by Gasteiger charge is 2.47. The molecule has 0 spiro atoms. The summed E-state index contributed by atoms with van der Waals surface area (Å²) >= 11 is 0. The number of aromatic nitrogens is 1. The summed E-state index contributed by atoms with van der Waals surface area (Å²) in [6.45, 7) is 3.47. The molecule has 2 fully saturated rings. The molecular weight excluding hydrogens is 374 g/mol. The largest absolute Gasteiger partial charge is 0.348 e. The van der Waals surface area contributed by atoms with E-state index in [9.17, 15) is 9.59 Å². The Hall–Kier alpha value is -2.69. The minimum atomic E-state index is -0.474. The molecule has 0 radical (unpaired) electrons. The molecule has 2 heterocycles. The fourth-order valence-corrected chi connectivity index (χ4v) is 4.85. The molecule has 1 aromatic carbocycles. The highest BCUT2D eigenvalue weighted by atomic mass is 16.2. The van der Waals surface area contributed by atoms with Crippen LogP contribution in [0.5, 0.6) is 0 Å². The number of carbonyl (C=O) groups excluding carboxylic acids is 2. The summed E-state index contributed by atoms with van der Waals surface area (Å²) in [7, 11) is 3.67. The average Bonchev–Trinajstić information content (AvgIpc) is 3.50.